The molecule has 0 bridgehead atoms. The van der Waals surface area contributed by atoms with Gasteiger partial charge in [-0.05, 0) is 43.5 Å². The first kappa shape index (κ1) is 21.6. The zero-order valence-electron chi connectivity index (χ0n) is 14.6. The first-order valence-corrected chi connectivity index (χ1v) is 13.2. The largest absolute Gasteiger partial charge is 0.481 e. The van der Waals surface area contributed by atoms with Gasteiger partial charge in [-0.3, -0.25) is 4.79 Å². The Morgan fingerprint density at radius 3 is 2.08 bits per heavy atom. The second-order valence-electron chi connectivity index (χ2n) is 5.76. The van der Waals surface area contributed by atoms with Gasteiger partial charge in [-0.15, -0.1) is 0 Å². The fraction of sp³-hybridized carbons (Fsp3) is 0.350. The molecule has 0 spiro atoms. The lowest BCUT2D eigenvalue weighted by atomic mass is 10.1. The highest BCUT2D eigenvalue weighted by atomic mass is 33.1. The number of benzene rings is 2. The van der Waals surface area contributed by atoms with E-state index in [1.807, 2.05) is 55.3 Å². The van der Waals surface area contributed by atoms with Crippen LogP contribution in [0.5, 0.6) is 0 Å². The molecule has 0 fully saturated rings. The molecule has 0 aliphatic carbocycles. The maximum Gasteiger partial charge on any atom is 0.303 e. The van der Waals surface area contributed by atoms with E-state index in [2.05, 4.69) is 48.5 Å². The third-order valence-corrected chi connectivity index (χ3v) is 9.01. The molecule has 0 radical (unpaired) electrons. The molecule has 1 unspecified atom stereocenters. The summed E-state index contributed by atoms with van der Waals surface area (Å²) >= 11 is 0. The van der Waals surface area contributed by atoms with Crippen LogP contribution in [0.2, 0.25) is 0 Å². The smallest absolute Gasteiger partial charge is 0.303 e. The topological polar surface area (TPSA) is 37.3 Å². The van der Waals surface area contributed by atoms with Crippen LogP contribution < -0.4 is 0 Å². The van der Waals surface area contributed by atoms with Gasteiger partial charge < -0.3 is 5.11 Å². The van der Waals surface area contributed by atoms with Gasteiger partial charge in [0.05, 0.1) is 0 Å². The van der Waals surface area contributed by atoms with Crippen molar-refractivity contribution in [3.8, 4) is 0 Å². The molecule has 2 rings (SSSR count). The Labute approximate surface area is 172 Å². The molecule has 1 atom stereocenters. The molecule has 0 saturated carbocycles. The summed E-state index contributed by atoms with van der Waals surface area (Å²) in [6.07, 6.45) is 4.25. The third-order valence-electron chi connectivity index (χ3n) is 3.61. The second kappa shape index (κ2) is 13.5. The molecule has 2 aromatic rings. The van der Waals surface area contributed by atoms with Gasteiger partial charge in [0.1, 0.15) is 0 Å². The van der Waals surface area contributed by atoms with E-state index in [1.165, 1.54) is 9.79 Å². The van der Waals surface area contributed by atoms with Crippen LogP contribution in [0.4, 0.5) is 0 Å². The molecular formula is C20H24O2S4. The highest BCUT2D eigenvalue weighted by Crippen LogP contribution is 2.39. The number of rotatable bonds is 13. The molecule has 2 aromatic carbocycles. The quantitative estimate of drug-likeness (QED) is 0.269. The van der Waals surface area contributed by atoms with E-state index < -0.39 is 5.97 Å². The zero-order valence-corrected chi connectivity index (χ0v) is 17.8. The molecular weight excluding hydrogens is 400 g/mol. The van der Waals surface area contributed by atoms with Gasteiger partial charge in [-0.2, -0.15) is 0 Å². The predicted molar refractivity (Wildman–Crippen MR) is 119 cm³/mol. The summed E-state index contributed by atoms with van der Waals surface area (Å²) in [5, 5.41) is 9.35. The highest BCUT2D eigenvalue weighted by molar-refractivity contribution is 8.77. The SMILES string of the molecule is O=C(O)CCCCC(CCSSc1ccccc1)SSc1ccccc1. The van der Waals surface area contributed by atoms with Crippen molar-refractivity contribution >= 4 is 49.1 Å². The molecule has 140 valence electrons. The first-order valence-electron chi connectivity index (χ1n) is 8.69. The first-order chi connectivity index (χ1) is 12.7. The van der Waals surface area contributed by atoms with Crippen LogP contribution in [-0.4, -0.2) is 22.1 Å². The van der Waals surface area contributed by atoms with Crippen molar-refractivity contribution in [1.29, 1.82) is 0 Å². The molecule has 6 heteroatoms. The lowest BCUT2D eigenvalue weighted by molar-refractivity contribution is -0.137. The molecule has 2 nitrogen and oxygen atoms in total. The maximum atomic E-state index is 10.7. The van der Waals surface area contributed by atoms with Crippen molar-refractivity contribution < 1.29 is 9.90 Å². The van der Waals surface area contributed by atoms with Crippen molar-refractivity contribution in [2.24, 2.45) is 0 Å². The Hall–Kier alpha value is -0.690. The van der Waals surface area contributed by atoms with Crippen LogP contribution in [0.3, 0.4) is 0 Å². The van der Waals surface area contributed by atoms with Crippen LogP contribution in [0.25, 0.3) is 0 Å². The standard InChI is InChI=1S/C20H24O2S4/c21-20(22)14-8-7-13-19(26-25-18-11-5-2-6-12-18)15-16-23-24-17-9-3-1-4-10-17/h1-6,9-12,19H,7-8,13-16H2,(H,21,22). The summed E-state index contributed by atoms with van der Waals surface area (Å²) < 4.78 is 0. The van der Waals surface area contributed by atoms with Crippen LogP contribution in [0.15, 0.2) is 70.5 Å². The van der Waals surface area contributed by atoms with Crippen LogP contribution in [0.1, 0.15) is 32.1 Å². The Kier molecular flexibility index (Phi) is 11.2. The van der Waals surface area contributed by atoms with Crippen LogP contribution in [-0.2, 0) is 4.79 Å². The molecule has 0 aliphatic rings. The van der Waals surface area contributed by atoms with Crippen molar-refractivity contribution in [2.75, 3.05) is 5.75 Å². The lowest BCUT2D eigenvalue weighted by Gasteiger charge is -2.15. The minimum atomic E-state index is -0.692. The number of carboxylic acid groups (broad SMARTS) is 1. The van der Waals surface area contributed by atoms with Crippen molar-refractivity contribution in [3.63, 3.8) is 0 Å². The molecule has 1 N–H and O–H groups in total. The number of carbonyl (C=O) groups is 1. The van der Waals surface area contributed by atoms with Gasteiger partial charge in [-0.25, -0.2) is 0 Å². The lowest BCUT2D eigenvalue weighted by Crippen LogP contribution is -2.03. The predicted octanol–water partition coefficient (Wildman–Crippen LogP) is 7.27. The van der Waals surface area contributed by atoms with E-state index in [4.69, 9.17) is 5.11 Å². The molecule has 0 aromatic heterocycles. The monoisotopic (exact) mass is 424 g/mol. The van der Waals surface area contributed by atoms with Crippen LogP contribution in [0, 0.1) is 0 Å². The van der Waals surface area contributed by atoms with Gasteiger partial charge in [0, 0.05) is 27.2 Å². The Bertz CT molecular complexity index is 622. The van der Waals surface area contributed by atoms with Crippen molar-refractivity contribution in [1.82, 2.24) is 0 Å². The van der Waals surface area contributed by atoms with E-state index in [1.54, 1.807) is 0 Å². The van der Waals surface area contributed by atoms with Gasteiger partial charge in [0.2, 0.25) is 0 Å². The Morgan fingerprint density at radius 2 is 1.46 bits per heavy atom. The van der Waals surface area contributed by atoms with E-state index >= 15 is 0 Å². The molecule has 0 amide bonds. The summed E-state index contributed by atoms with van der Waals surface area (Å²) in [6, 6.07) is 20.9. The van der Waals surface area contributed by atoms with Gasteiger partial charge in [0.15, 0.2) is 0 Å². The summed E-state index contributed by atoms with van der Waals surface area (Å²) in [7, 11) is 7.49. The fourth-order valence-corrected chi connectivity index (χ4v) is 7.20. The summed E-state index contributed by atoms with van der Waals surface area (Å²) in [5.74, 6) is 0.411. The van der Waals surface area contributed by atoms with Gasteiger partial charge in [0.25, 0.3) is 0 Å². The number of hydrogen-bond acceptors (Lipinski definition) is 5. The normalized spacial score (nSPS) is 12.0. The molecule has 0 heterocycles. The highest BCUT2D eigenvalue weighted by Gasteiger charge is 2.11. The minimum absolute atomic E-state index is 0.280. The van der Waals surface area contributed by atoms with Crippen molar-refractivity contribution in [3.05, 3.63) is 60.7 Å². The van der Waals surface area contributed by atoms with Crippen molar-refractivity contribution in [2.45, 2.75) is 47.1 Å². The molecule has 0 aliphatic heterocycles. The molecule has 26 heavy (non-hydrogen) atoms. The molecule has 0 saturated heterocycles. The summed E-state index contributed by atoms with van der Waals surface area (Å²) in [6.45, 7) is 0. The number of carboxylic acids is 1. The summed E-state index contributed by atoms with van der Waals surface area (Å²) in [4.78, 5) is 13.3. The average molecular weight is 425 g/mol. The van der Waals surface area contributed by atoms with Crippen LogP contribution >= 0.6 is 43.2 Å². The summed E-state index contributed by atoms with van der Waals surface area (Å²) in [5.41, 5.74) is 0. The van der Waals surface area contributed by atoms with Gasteiger partial charge >= 0.3 is 5.97 Å². The minimum Gasteiger partial charge on any atom is -0.481 e. The number of aliphatic carboxylic acids is 1. The van der Waals surface area contributed by atoms with E-state index in [0.29, 0.717) is 5.25 Å². The Balaban J connectivity index is 1.72. The Morgan fingerprint density at radius 1 is 0.846 bits per heavy atom. The number of unbranched alkanes of at least 4 members (excludes halogenated alkanes) is 1. The van der Waals surface area contributed by atoms with E-state index in [9.17, 15) is 4.79 Å². The average Bonchev–Trinajstić information content (AvgIpc) is 2.67. The van der Waals surface area contributed by atoms with E-state index in [-0.39, 0.29) is 6.42 Å². The third kappa shape index (κ3) is 9.86. The fourth-order valence-electron chi connectivity index (χ4n) is 2.25. The maximum absolute atomic E-state index is 10.7. The zero-order chi connectivity index (χ0) is 18.5. The number of hydrogen-bond donors (Lipinski definition) is 1. The second-order valence-corrected chi connectivity index (χ2v) is 10.8. The van der Waals surface area contributed by atoms with Gasteiger partial charge in [-0.1, -0.05) is 86.0 Å². The van der Waals surface area contributed by atoms with E-state index in [0.717, 1.165) is 31.4 Å².